The van der Waals surface area contributed by atoms with Crippen LogP contribution in [0, 0.1) is 0 Å². The third kappa shape index (κ3) is 5.94. The Morgan fingerprint density at radius 1 is 1.04 bits per heavy atom. The molecule has 0 spiro atoms. The minimum Gasteiger partial charge on any atom is -0.395 e. The van der Waals surface area contributed by atoms with E-state index in [0.29, 0.717) is 0 Å². The van der Waals surface area contributed by atoms with E-state index in [-0.39, 0.29) is 36.6 Å². The number of sulfonamides is 1. The van der Waals surface area contributed by atoms with Crippen LogP contribution >= 0.6 is 0 Å². The lowest BCUT2D eigenvalue weighted by Gasteiger charge is -2.07. The Hall–Kier alpha value is -2.78. The molecule has 1 aromatic heterocycles. The molecular weight excluding hydrogens is 358 g/mol. The Kier molecular flexibility index (Phi) is 6.81. The molecule has 2 aromatic rings. The number of nitrogens with zero attached hydrogens (tertiary/aromatic N) is 1. The molecule has 0 aliphatic heterocycles. The summed E-state index contributed by atoms with van der Waals surface area (Å²) in [6.45, 7) is -0.116. The summed E-state index contributed by atoms with van der Waals surface area (Å²) >= 11 is 0. The van der Waals surface area contributed by atoms with E-state index in [0.717, 1.165) is 11.8 Å². The predicted molar refractivity (Wildman–Crippen MR) is 95.1 cm³/mol. The monoisotopic (exact) mass is 377 g/mol. The van der Waals surface area contributed by atoms with Crippen LogP contribution in [0.4, 0.5) is 0 Å². The highest BCUT2D eigenvalue weighted by Gasteiger charge is 2.17. The quantitative estimate of drug-likeness (QED) is 0.599. The lowest BCUT2D eigenvalue weighted by Crippen LogP contribution is -2.33. The zero-order valence-corrected chi connectivity index (χ0v) is 14.7. The lowest BCUT2D eigenvalue weighted by molar-refractivity contribution is 0.0936. The fourth-order valence-electron chi connectivity index (χ4n) is 2.07. The molecule has 1 aromatic carbocycles. The van der Waals surface area contributed by atoms with Crippen LogP contribution in [0.3, 0.4) is 0 Å². The van der Waals surface area contributed by atoms with Crippen molar-refractivity contribution in [2.24, 2.45) is 0 Å². The van der Waals surface area contributed by atoms with Crippen molar-refractivity contribution in [2.75, 3.05) is 18.9 Å². The van der Waals surface area contributed by atoms with Gasteiger partial charge in [-0.15, -0.1) is 0 Å². The van der Waals surface area contributed by atoms with Crippen LogP contribution in [0.15, 0.2) is 48.7 Å². The second kappa shape index (κ2) is 9.07. The summed E-state index contributed by atoms with van der Waals surface area (Å²) in [6, 6.07) is 11.7. The van der Waals surface area contributed by atoms with Gasteiger partial charge in [-0.2, -0.15) is 0 Å². The Morgan fingerprint density at radius 2 is 1.77 bits per heavy atom. The molecule has 1 heterocycles. The summed E-state index contributed by atoms with van der Waals surface area (Å²) in [5.41, 5.74) is 0.930. The SMILES string of the molecule is O=C(NS(=O)(=O)CCc1ccccc1)c1ccc(C(=O)NCCO)nc1. The molecule has 26 heavy (non-hydrogen) atoms. The van der Waals surface area contributed by atoms with Gasteiger partial charge in [-0.3, -0.25) is 14.6 Å². The van der Waals surface area contributed by atoms with Gasteiger partial charge >= 0.3 is 0 Å². The number of carbonyl (C=O) groups is 2. The van der Waals surface area contributed by atoms with Crippen molar-refractivity contribution in [1.29, 1.82) is 0 Å². The van der Waals surface area contributed by atoms with Crippen LogP contribution < -0.4 is 10.0 Å². The van der Waals surface area contributed by atoms with E-state index < -0.39 is 21.8 Å². The van der Waals surface area contributed by atoms with Gasteiger partial charge in [0.25, 0.3) is 11.8 Å². The molecule has 0 bridgehead atoms. The maximum atomic E-state index is 12.1. The molecule has 0 unspecified atom stereocenters. The van der Waals surface area contributed by atoms with Crippen molar-refractivity contribution in [2.45, 2.75) is 6.42 Å². The number of aliphatic hydroxyl groups is 1. The summed E-state index contributed by atoms with van der Waals surface area (Å²) in [7, 11) is -3.80. The molecule has 138 valence electrons. The largest absolute Gasteiger partial charge is 0.395 e. The first kappa shape index (κ1) is 19.5. The first-order valence-corrected chi connectivity index (χ1v) is 9.50. The van der Waals surface area contributed by atoms with Crippen LogP contribution in [0.5, 0.6) is 0 Å². The van der Waals surface area contributed by atoms with Gasteiger partial charge < -0.3 is 10.4 Å². The van der Waals surface area contributed by atoms with E-state index in [4.69, 9.17) is 5.11 Å². The number of nitrogens with one attached hydrogen (secondary N) is 2. The standard InChI is InChI=1S/C17H19N3O5S/c21-10-9-18-17(23)15-7-6-14(12-19-15)16(22)20-26(24,25)11-8-13-4-2-1-3-5-13/h1-7,12,21H,8-11H2,(H,18,23)(H,20,22). The molecule has 0 atom stereocenters. The van der Waals surface area contributed by atoms with Gasteiger partial charge in [-0.1, -0.05) is 30.3 Å². The second-order valence-electron chi connectivity index (χ2n) is 5.40. The Morgan fingerprint density at radius 3 is 2.38 bits per heavy atom. The van der Waals surface area contributed by atoms with Crippen molar-refractivity contribution in [1.82, 2.24) is 15.0 Å². The summed E-state index contributed by atoms with van der Waals surface area (Å²) in [6.07, 6.45) is 1.40. The first-order chi connectivity index (χ1) is 12.4. The zero-order valence-electron chi connectivity index (χ0n) is 13.9. The molecule has 2 amide bonds. The van der Waals surface area contributed by atoms with Crippen molar-refractivity contribution in [3.8, 4) is 0 Å². The fourth-order valence-corrected chi connectivity index (χ4v) is 3.08. The highest BCUT2D eigenvalue weighted by molar-refractivity contribution is 7.90. The number of aromatic nitrogens is 1. The van der Waals surface area contributed by atoms with Crippen LogP contribution in [0.2, 0.25) is 0 Å². The van der Waals surface area contributed by atoms with Gasteiger partial charge in [0.2, 0.25) is 10.0 Å². The normalized spacial score (nSPS) is 11.0. The molecule has 0 saturated heterocycles. The molecule has 0 radical (unpaired) electrons. The van der Waals surface area contributed by atoms with Gasteiger partial charge in [0.05, 0.1) is 17.9 Å². The maximum Gasteiger partial charge on any atom is 0.269 e. The zero-order chi connectivity index (χ0) is 19.0. The fraction of sp³-hybridized carbons (Fsp3) is 0.235. The van der Waals surface area contributed by atoms with Crippen molar-refractivity contribution in [3.05, 3.63) is 65.5 Å². The Balaban J connectivity index is 1.94. The number of aliphatic hydroxyl groups excluding tert-OH is 1. The van der Waals surface area contributed by atoms with Gasteiger partial charge in [-0.05, 0) is 24.1 Å². The van der Waals surface area contributed by atoms with Crippen LogP contribution in [-0.4, -0.2) is 49.2 Å². The summed E-state index contributed by atoms with van der Waals surface area (Å²) in [5, 5.41) is 11.1. The minimum atomic E-state index is -3.80. The minimum absolute atomic E-state index is 0.0204. The number of hydrogen-bond acceptors (Lipinski definition) is 6. The van der Waals surface area contributed by atoms with E-state index in [2.05, 4.69) is 10.3 Å². The molecule has 0 fully saturated rings. The predicted octanol–water partition coefficient (Wildman–Crippen LogP) is 0.106. The average Bonchev–Trinajstić information content (AvgIpc) is 2.65. The number of amides is 2. The Labute approximate surface area is 151 Å². The number of benzene rings is 1. The first-order valence-electron chi connectivity index (χ1n) is 7.85. The smallest absolute Gasteiger partial charge is 0.269 e. The molecule has 0 saturated carbocycles. The molecule has 0 aliphatic rings. The van der Waals surface area contributed by atoms with Crippen molar-refractivity contribution < 1.29 is 23.1 Å². The lowest BCUT2D eigenvalue weighted by atomic mass is 10.2. The highest BCUT2D eigenvalue weighted by atomic mass is 32.2. The number of carbonyl (C=O) groups excluding carboxylic acids is 2. The van der Waals surface area contributed by atoms with E-state index >= 15 is 0 Å². The molecule has 2 rings (SSSR count). The summed E-state index contributed by atoms with van der Waals surface area (Å²) < 4.78 is 26.1. The van der Waals surface area contributed by atoms with E-state index in [1.165, 1.54) is 12.1 Å². The van der Waals surface area contributed by atoms with Crippen LogP contribution in [0.25, 0.3) is 0 Å². The van der Waals surface area contributed by atoms with E-state index in [1.807, 2.05) is 35.1 Å². The number of rotatable bonds is 8. The second-order valence-corrected chi connectivity index (χ2v) is 7.24. The third-order valence-corrected chi connectivity index (χ3v) is 4.64. The number of pyridine rings is 1. The topological polar surface area (TPSA) is 125 Å². The number of aryl methyl sites for hydroxylation is 1. The van der Waals surface area contributed by atoms with Crippen LogP contribution in [-0.2, 0) is 16.4 Å². The average molecular weight is 377 g/mol. The van der Waals surface area contributed by atoms with Crippen LogP contribution in [0.1, 0.15) is 26.4 Å². The van der Waals surface area contributed by atoms with Gasteiger partial charge in [0.15, 0.2) is 0 Å². The molecule has 0 aliphatic carbocycles. The Bertz CT molecular complexity index is 852. The summed E-state index contributed by atoms with van der Waals surface area (Å²) in [5.74, 6) is -1.54. The highest BCUT2D eigenvalue weighted by Crippen LogP contribution is 2.04. The van der Waals surface area contributed by atoms with Gasteiger partial charge in [-0.25, -0.2) is 13.1 Å². The molecule has 9 heteroatoms. The van der Waals surface area contributed by atoms with Crippen molar-refractivity contribution in [3.63, 3.8) is 0 Å². The van der Waals surface area contributed by atoms with Gasteiger partial charge in [0, 0.05) is 12.7 Å². The molecule has 8 nitrogen and oxygen atoms in total. The molecule has 3 N–H and O–H groups in total. The molecular formula is C17H19N3O5S. The summed E-state index contributed by atoms with van der Waals surface area (Å²) in [4.78, 5) is 27.5. The van der Waals surface area contributed by atoms with Crippen molar-refractivity contribution >= 4 is 21.8 Å². The number of hydrogen-bond donors (Lipinski definition) is 3. The third-order valence-electron chi connectivity index (χ3n) is 3.41. The van der Waals surface area contributed by atoms with E-state index in [9.17, 15) is 18.0 Å². The van der Waals surface area contributed by atoms with Gasteiger partial charge in [0.1, 0.15) is 5.69 Å². The van der Waals surface area contributed by atoms with E-state index in [1.54, 1.807) is 0 Å². The maximum absolute atomic E-state index is 12.1.